The van der Waals surface area contributed by atoms with Crippen molar-refractivity contribution in [3.8, 4) is 0 Å². The summed E-state index contributed by atoms with van der Waals surface area (Å²) in [4.78, 5) is 4.37. The summed E-state index contributed by atoms with van der Waals surface area (Å²) in [5, 5.41) is 9.00. The van der Waals surface area contributed by atoms with Gasteiger partial charge in [0, 0.05) is 18.1 Å². The van der Waals surface area contributed by atoms with Gasteiger partial charge in [-0.1, -0.05) is 29.8 Å². The highest BCUT2D eigenvalue weighted by atomic mass is 35.5. The summed E-state index contributed by atoms with van der Waals surface area (Å²) in [7, 11) is 0. The number of fused-ring (bicyclic) bond motifs is 2. The molecule has 5 heteroatoms. The molecule has 3 aromatic rings. The van der Waals surface area contributed by atoms with Gasteiger partial charge in [-0.3, -0.25) is 4.98 Å². The van der Waals surface area contributed by atoms with Crippen LogP contribution in [0.3, 0.4) is 0 Å². The molecule has 0 aliphatic carbocycles. The first-order chi connectivity index (χ1) is 11.8. The molecule has 25 heavy (non-hydrogen) atoms. The molecule has 4 rings (SSSR count). The van der Waals surface area contributed by atoms with Gasteiger partial charge in [-0.2, -0.15) is 0 Å². The van der Waals surface area contributed by atoms with E-state index in [0.29, 0.717) is 0 Å². The van der Waals surface area contributed by atoms with E-state index in [1.165, 1.54) is 22.1 Å². The van der Waals surface area contributed by atoms with E-state index in [9.17, 15) is 0 Å². The molecule has 0 saturated carbocycles. The van der Waals surface area contributed by atoms with E-state index in [0.717, 1.165) is 48.7 Å². The average molecular weight is 374 g/mol. The van der Waals surface area contributed by atoms with Crippen molar-refractivity contribution in [2.45, 2.75) is 19.4 Å². The van der Waals surface area contributed by atoms with E-state index >= 15 is 0 Å². The number of nitrogens with zero attached hydrogens (tertiary/aromatic N) is 1. The lowest BCUT2D eigenvalue weighted by atomic mass is 10.0. The topological polar surface area (TPSA) is 37.0 Å². The minimum atomic E-state index is 0. The number of hydrogen-bond acceptors (Lipinski definition) is 3. The van der Waals surface area contributed by atoms with Gasteiger partial charge in [0.15, 0.2) is 0 Å². The SMILES string of the molecule is Cl.Clc1ccc2c(c1NCc1ccc3ncccc3c1)CCNCC2. The standard InChI is InChI=1S/C20H20ClN3.ClH/c21-18-5-4-15-7-10-22-11-8-17(15)20(18)24-13-14-3-6-19-16(12-14)2-1-9-23-19;/h1-6,9,12,22,24H,7-8,10-11,13H2;1H. The summed E-state index contributed by atoms with van der Waals surface area (Å²) in [5.41, 5.74) is 6.10. The molecule has 0 spiro atoms. The molecule has 0 bridgehead atoms. The molecule has 1 aromatic heterocycles. The Morgan fingerprint density at radius 1 is 1.08 bits per heavy atom. The molecule has 2 N–H and O–H groups in total. The Bertz CT molecular complexity index is 880. The zero-order chi connectivity index (χ0) is 16.4. The molecule has 0 atom stereocenters. The number of hydrogen-bond donors (Lipinski definition) is 2. The van der Waals surface area contributed by atoms with Crippen molar-refractivity contribution >= 4 is 40.6 Å². The number of anilines is 1. The minimum Gasteiger partial charge on any atom is -0.380 e. The molecule has 3 nitrogen and oxygen atoms in total. The van der Waals surface area contributed by atoms with E-state index in [4.69, 9.17) is 11.6 Å². The third-order valence-electron chi connectivity index (χ3n) is 4.62. The van der Waals surface area contributed by atoms with Gasteiger partial charge in [-0.25, -0.2) is 0 Å². The third-order valence-corrected chi connectivity index (χ3v) is 4.93. The van der Waals surface area contributed by atoms with Crippen LogP contribution in [0.2, 0.25) is 5.02 Å². The lowest BCUT2D eigenvalue weighted by Gasteiger charge is -2.16. The smallest absolute Gasteiger partial charge is 0.0702 e. The predicted octanol–water partition coefficient (Wildman–Crippen LogP) is 4.61. The summed E-state index contributed by atoms with van der Waals surface area (Å²) in [6.07, 6.45) is 3.90. The Kier molecular flexibility index (Phi) is 5.79. The van der Waals surface area contributed by atoms with Gasteiger partial charge in [0.2, 0.25) is 0 Å². The maximum atomic E-state index is 6.48. The number of benzene rings is 2. The van der Waals surface area contributed by atoms with Crippen LogP contribution in [0.1, 0.15) is 16.7 Å². The highest BCUT2D eigenvalue weighted by Gasteiger charge is 2.14. The first-order valence-electron chi connectivity index (χ1n) is 8.40. The minimum absolute atomic E-state index is 0. The van der Waals surface area contributed by atoms with Gasteiger partial charge in [0.1, 0.15) is 0 Å². The van der Waals surface area contributed by atoms with Crippen LogP contribution in [0.15, 0.2) is 48.7 Å². The van der Waals surface area contributed by atoms with Gasteiger partial charge < -0.3 is 10.6 Å². The van der Waals surface area contributed by atoms with Crippen LogP contribution in [-0.4, -0.2) is 18.1 Å². The van der Waals surface area contributed by atoms with Crippen LogP contribution in [0, 0.1) is 0 Å². The fraction of sp³-hybridized carbons (Fsp3) is 0.250. The zero-order valence-electron chi connectivity index (χ0n) is 13.9. The Morgan fingerprint density at radius 2 is 1.96 bits per heavy atom. The Hall–Kier alpha value is -1.81. The second kappa shape index (κ2) is 8.05. The van der Waals surface area contributed by atoms with Crippen LogP contribution in [0.25, 0.3) is 10.9 Å². The molecule has 0 radical (unpaired) electrons. The zero-order valence-corrected chi connectivity index (χ0v) is 15.5. The number of rotatable bonds is 3. The van der Waals surface area contributed by atoms with Crippen molar-refractivity contribution in [1.82, 2.24) is 10.3 Å². The van der Waals surface area contributed by atoms with E-state index in [2.05, 4.69) is 45.9 Å². The highest BCUT2D eigenvalue weighted by Crippen LogP contribution is 2.31. The monoisotopic (exact) mass is 373 g/mol. The number of halogens is 2. The van der Waals surface area contributed by atoms with Gasteiger partial charge in [-0.15, -0.1) is 12.4 Å². The predicted molar refractivity (Wildman–Crippen MR) is 108 cm³/mol. The van der Waals surface area contributed by atoms with E-state index in [-0.39, 0.29) is 12.4 Å². The molecule has 2 aromatic carbocycles. The maximum Gasteiger partial charge on any atom is 0.0702 e. The van der Waals surface area contributed by atoms with Crippen molar-refractivity contribution in [3.63, 3.8) is 0 Å². The normalized spacial score (nSPS) is 13.6. The van der Waals surface area contributed by atoms with Gasteiger partial charge in [0.05, 0.1) is 16.2 Å². The summed E-state index contributed by atoms with van der Waals surface area (Å²) < 4.78 is 0. The van der Waals surface area contributed by atoms with E-state index < -0.39 is 0 Å². The number of pyridine rings is 1. The number of aromatic nitrogens is 1. The van der Waals surface area contributed by atoms with Crippen LogP contribution < -0.4 is 10.6 Å². The molecule has 0 amide bonds. The number of nitrogens with one attached hydrogen (secondary N) is 2. The molecule has 2 heterocycles. The molecular weight excluding hydrogens is 353 g/mol. The first-order valence-corrected chi connectivity index (χ1v) is 8.77. The fourth-order valence-corrected chi connectivity index (χ4v) is 3.60. The lowest BCUT2D eigenvalue weighted by Crippen LogP contribution is -2.16. The molecular formula is C20H21Cl2N3. The fourth-order valence-electron chi connectivity index (χ4n) is 3.36. The second-order valence-electron chi connectivity index (χ2n) is 6.19. The Balaban J connectivity index is 0.00000182. The Morgan fingerprint density at radius 3 is 2.88 bits per heavy atom. The summed E-state index contributed by atoms with van der Waals surface area (Å²) in [6.45, 7) is 2.80. The molecule has 130 valence electrons. The van der Waals surface area contributed by atoms with Crippen molar-refractivity contribution in [1.29, 1.82) is 0 Å². The van der Waals surface area contributed by atoms with Gasteiger partial charge in [0.25, 0.3) is 0 Å². The Labute approximate surface area is 159 Å². The summed E-state index contributed by atoms with van der Waals surface area (Å²) in [5.74, 6) is 0. The van der Waals surface area contributed by atoms with Crippen molar-refractivity contribution in [2.24, 2.45) is 0 Å². The van der Waals surface area contributed by atoms with Crippen LogP contribution in [-0.2, 0) is 19.4 Å². The van der Waals surface area contributed by atoms with E-state index in [1.54, 1.807) is 0 Å². The van der Waals surface area contributed by atoms with Gasteiger partial charge in [-0.05, 0) is 66.9 Å². The maximum absolute atomic E-state index is 6.48. The first kappa shape index (κ1) is 18.0. The molecule has 0 fully saturated rings. The summed E-state index contributed by atoms with van der Waals surface area (Å²) in [6, 6.07) is 14.6. The van der Waals surface area contributed by atoms with Gasteiger partial charge >= 0.3 is 0 Å². The molecule has 0 saturated heterocycles. The van der Waals surface area contributed by atoms with E-state index in [1.807, 2.05) is 18.3 Å². The quantitative estimate of drug-likeness (QED) is 0.703. The van der Waals surface area contributed by atoms with Crippen LogP contribution in [0.5, 0.6) is 0 Å². The summed E-state index contributed by atoms with van der Waals surface area (Å²) >= 11 is 6.48. The second-order valence-corrected chi connectivity index (χ2v) is 6.60. The van der Waals surface area contributed by atoms with Crippen LogP contribution >= 0.6 is 24.0 Å². The van der Waals surface area contributed by atoms with Crippen LogP contribution in [0.4, 0.5) is 5.69 Å². The lowest BCUT2D eigenvalue weighted by molar-refractivity contribution is 0.711. The molecule has 0 unspecified atom stereocenters. The van der Waals surface area contributed by atoms with Crippen molar-refractivity contribution in [2.75, 3.05) is 18.4 Å². The third kappa shape index (κ3) is 3.90. The molecule has 1 aliphatic rings. The van der Waals surface area contributed by atoms with Crippen molar-refractivity contribution in [3.05, 3.63) is 70.4 Å². The highest BCUT2D eigenvalue weighted by molar-refractivity contribution is 6.33. The van der Waals surface area contributed by atoms with Crippen molar-refractivity contribution < 1.29 is 0 Å². The average Bonchev–Trinajstić information content (AvgIpc) is 2.86. The largest absolute Gasteiger partial charge is 0.380 e. The molecule has 1 aliphatic heterocycles.